The molecule has 4 rings (SSSR count). The zero-order chi connectivity index (χ0) is 30.1. The number of benzene rings is 1. The average Bonchev–Trinajstić information content (AvgIpc) is 3.32. The number of allylic oxidation sites excluding steroid dienone is 1. The van der Waals surface area contributed by atoms with Crippen molar-refractivity contribution in [3.63, 3.8) is 0 Å². The highest BCUT2D eigenvalue weighted by atomic mass is 35.5. The van der Waals surface area contributed by atoms with Gasteiger partial charge in [-0.1, -0.05) is 24.4 Å². The molecule has 5 N–H and O–H groups in total. The van der Waals surface area contributed by atoms with Crippen molar-refractivity contribution in [2.75, 3.05) is 33.3 Å². The van der Waals surface area contributed by atoms with Gasteiger partial charge in [-0.2, -0.15) is 0 Å². The summed E-state index contributed by atoms with van der Waals surface area (Å²) in [4.78, 5) is 42.6. The maximum atomic E-state index is 14.2. The molecule has 0 unspecified atom stereocenters. The van der Waals surface area contributed by atoms with Gasteiger partial charge in [0.2, 0.25) is 11.8 Å². The second kappa shape index (κ2) is 12.4. The lowest BCUT2D eigenvalue weighted by molar-refractivity contribution is -0.162. The number of carboxylic acid groups (broad SMARTS) is 1. The van der Waals surface area contributed by atoms with Gasteiger partial charge in [0.15, 0.2) is 0 Å². The number of likely N-dealkylation sites (tertiary alicyclic amines) is 1. The van der Waals surface area contributed by atoms with Crippen LogP contribution in [0.2, 0.25) is 5.02 Å². The van der Waals surface area contributed by atoms with Crippen molar-refractivity contribution in [1.82, 2.24) is 14.8 Å². The van der Waals surface area contributed by atoms with Crippen molar-refractivity contribution >= 4 is 29.4 Å². The van der Waals surface area contributed by atoms with Crippen LogP contribution in [0.4, 0.5) is 8.78 Å². The lowest BCUT2D eigenvalue weighted by Gasteiger charge is -2.45. The minimum absolute atomic E-state index is 0.0400. The molecule has 0 radical (unpaired) electrons. The molecule has 41 heavy (non-hydrogen) atoms. The van der Waals surface area contributed by atoms with Crippen molar-refractivity contribution in [3.05, 3.63) is 39.7 Å². The van der Waals surface area contributed by atoms with Gasteiger partial charge < -0.3 is 30.4 Å². The number of rotatable bonds is 9. The van der Waals surface area contributed by atoms with E-state index in [1.807, 2.05) is 0 Å². The molecule has 1 saturated carbocycles. The Labute approximate surface area is 243 Å². The van der Waals surface area contributed by atoms with E-state index >= 15 is 0 Å². The Kier molecular flexibility index (Phi) is 9.32. The number of hydrogen-bond acceptors (Lipinski definition) is 7. The molecule has 3 atom stereocenters. The molecule has 2 fully saturated rings. The molecule has 10 nitrogen and oxygen atoms in total. The topological polar surface area (TPSA) is 142 Å². The Morgan fingerprint density at radius 2 is 1.98 bits per heavy atom. The van der Waals surface area contributed by atoms with E-state index in [0.29, 0.717) is 55.0 Å². The molecule has 0 bridgehead atoms. The lowest BCUT2D eigenvalue weighted by Crippen LogP contribution is -2.52. The smallest absolute Gasteiger partial charge is 0.310 e. The van der Waals surface area contributed by atoms with Crippen molar-refractivity contribution in [2.45, 2.75) is 64.3 Å². The highest BCUT2D eigenvalue weighted by Gasteiger charge is 2.50. The van der Waals surface area contributed by atoms with Gasteiger partial charge in [-0.05, 0) is 50.3 Å². The standard InChI is InChI=1S/C28H38ClF2N5O5/c1-28(27(39)40)11-4-3-6-17(28)26(38)36-13-10-16-18(29)8-9-21(41-15-19(32)24(25(30)31)34(2)33)23(16)20(36)14-35-12-5-7-22(35)37/h8-9,17,20,25H,3-7,10-15,32-33H2,1-2H3,(H,39,40)/b24-19-/t17-,20+,28-/m0/s1. The third-order valence-electron chi connectivity index (χ3n) is 8.71. The summed E-state index contributed by atoms with van der Waals surface area (Å²) in [5.74, 6) is 3.78. The molecule has 2 amide bonds. The van der Waals surface area contributed by atoms with E-state index in [-0.39, 0.29) is 30.6 Å². The largest absolute Gasteiger partial charge is 0.487 e. The van der Waals surface area contributed by atoms with E-state index in [2.05, 4.69) is 0 Å². The van der Waals surface area contributed by atoms with E-state index < -0.39 is 42.1 Å². The molecule has 3 aliphatic rings. The number of nitrogens with two attached hydrogens (primary N) is 2. The molecule has 0 spiro atoms. The molecular formula is C28H38ClF2N5O5. The van der Waals surface area contributed by atoms with E-state index in [1.165, 1.54) is 7.05 Å². The summed E-state index contributed by atoms with van der Waals surface area (Å²) < 4.78 is 33.1. The summed E-state index contributed by atoms with van der Waals surface area (Å²) in [6.07, 6.45) is 0.849. The number of amides is 2. The minimum Gasteiger partial charge on any atom is -0.487 e. The first-order chi connectivity index (χ1) is 19.4. The number of fused-ring (bicyclic) bond motifs is 1. The molecule has 0 aromatic heterocycles. The summed E-state index contributed by atoms with van der Waals surface area (Å²) in [7, 11) is 1.25. The monoisotopic (exact) mass is 597 g/mol. The predicted molar refractivity (Wildman–Crippen MR) is 148 cm³/mol. The zero-order valence-electron chi connectivity index (χ0n) is 23.4. The molecule has 1 aliphatic carbocycles. The Bertz CT molecular complexity index is 1220. The van der Waals surface area contributed by atoms with E-state index in [0.717, 1.165) is 23.4 Å². The summed E-state index contributed by atoms with van der Waals surface area (Å²) in [5, 5.41) is 11.3. The second-order valence-corrected chi connectivity index (χ2v) is 11.7. The van der Waals surface area contributed by atoms with Crippen molar-refractivity contribution in [1.29, 1.82) is 0 Å². The number of alkyl halides is 2. The van der Waals surface area contributed by atoms with Gasteiger partial charge in [-0.25, -0.2) is 14.6 Å². The number of nitrogens with zero attached hydrogens (tertiary/aromatic N) is 3. The van der Waals surface area contributed by atoms with Gasteiger partial charge >= 0.3 is 5.97 Å². The first kappa shape index (κ1) is 30.8. The molecular weight excluding hydrogens is 560 g/mol. The van der Waals surface area contributed by atoms with Gasteiger partial charge in [0.1, 0.15) is 18.1 Å². The van der Waals surface area contributed by atoms with Crippen molar-refractivity contribution < 1.29 is 33.0 Å². The fourth-order valence-electron chi connectivity index (χ4n) is 6.40. The van der Waals surface area contributed by atoms with Gasteiger partial charge in [0, 0.05) is 43.7 Å². The third-order valence-corrected chi connectivity index (χ3v) is 9.07. The van der Waals surface area contributed by atoms with Crippen LogP contribution < -0.4 is 16.3 Å². The zero-order valence-corrected chi connectivity index (χ0v) is 24.1. The Hall–Kier alpha value is -3.12. The van der Waals surface area contributed by atoms with E-state index in [1.54, 1.807) is 28.9 Å². The third kappa shape index (κ3) is 6.08. The van der Waals surface area contributed by atoms with Gasteiger partial charge in [0.25, 0.3) is 6.43 Å². The minimum atomic E-state index is -2.92. The quantitative estimate of drug-likeness (QED) is 0.291. The fraction of sp³-hybridized carbons (Fsp3) is 0.607. The van der Waals surface area contributed by atoms with Crippen LogP contribution in [0.25, 0.3) is 0 Å². The highest BCUT2D eigenvalue weighted by Crippen LogP contribution is 2.46. The number of carbonyl (C=O) groups excluding carboxylic acids is 2. The lowest BCUT2D eigenvalue weighted by atomic mass is 9.66. The molecule has 13 heteroatoms. The first-order valence-electron chi connectivity index (χ1n) is 13.9. The van der Waals surface area contributed by atoms with Crippen LogP contribution in [-0.2, 0) is 20.8 Å². The maximum absolute atomic E-state index is 14.2. The van der Waals surface area contributed by atoms with Crippen LogP contribution in [0.5, 0.6) is 5.75 Å². The van der Waals surface area contributed by atoms with Crippen molar-refractivity contribution in [2.24, 2.45) is 22.9 Å². The predicted octanol–water partition coefficient (Wildman–Crippen LogP) is 3.29. The molecule has 1 aromatic rings. The number of carbonyl (C=O) groups is 3. The Balaban J connectivity index is 1.75. The summed E-state index contributed by atoms with van der Waals surface area (Å²) in [6, 6.07) is 2.55. The Morgan fingerprint density at radius 1 is 1.24 bits per heavy atom. The van der Waals surface area contributed by atoms with Crippen LogP contribution >= 0.6 is 11.6 Å². The number of hydrazine groups is 1. The van der Waals surface area contributed by atoms with Gasteiger partial charge in [-0.15, -0.1) is 0 Å². The molecule has 2 aliphatic heterocycles. The number of halogens is 3. The normalized spacial score (nSPS) is 25.2. The second-order valence-electron chi connectivity index (χ2n) is 11.3. The summed E-state index contributed by atoms with van der Waals surface area (Å²) >= 11 is 6.61. The van der Waals surface area contributed by atoms with E-state index in [4.69, 9.17) is 27.9 Å². The number of ether oxygens (including phenoxy) is 1. The van der Waals surface area contributed by atoms with Crippen LogP contribution in [0, 0.1) is 11.3 Å². The maximum Gasteiger partial charge on any atom is 0.310 e. The Morgan fingerprint density at radius 3 is 2.59 bits per heavy atom. The average molecular weight is 598 g/mol. The number of hydrogen-bond donors (Lipinski definition) is 3. The van der Waals surface area contributed by atoms with Crippen molar-refractivity contribution in [3.8, 4) is 5.75 Å². The molecule has 226 valence electrons. The summed E-state index contributed by atoms with van der Waals surface area (Å²) in [5.41, 5.74) is 5.19. The summed E-state index contributed by atoms with van der Waals surface area (Å²) in [6.45, 7) is 2.20. The van der Waals surface area contributed by atoms with Gasteiger partial charge in [0.05, 0.1) is 23.1 Å². The molecule has 2 heterocycles. The van der Waals surface area contributed by atoms with E-state index in [9.17, 15) is 28.3 Å². The van der Waals surface area contributed by atoms with Gasteiger partial charge in [-0.3, -0.25) is 14.4 Å². The SMILES string of the molecule is CN(N)/C(=C(\N)COc1ccc(Cl)c2c1[C@@H](CN1CCCC1=O)N(C(=O)[C@@H]1CCCC[C@]1(C)C(=O)O)CC2)C(F)F. The van der Waals surface area contributed by atoms with Crippen LogP contribution in [0.1, 0.15) is 62.6 Å². The highest BCUT2D eigenvalue weighted by molar-refractivity contribution is 6.31. The van der Waals surface area contributed by atoms with Crippen LogP contribution in [-0.4, -0.2) is 77.4 Å². The first-order valence-corrected chi connectivity index (χ1v) is 14.3. The van der Waals surface area contributed by atoms with Crippen LogP contribution in [0.15, 0.2) is 23.5 Å². The fourth-order valence-corrected chi connectivity index (χ4v) is 6.66. The molecule has 1 aromatic carbocycles. The number of aliphatic carboxylic acids is 1. The van der Waals surface area contributed by atoms with Crippen LogP contribution in [0.3, 0.4) is 0 Å². The number of carboxylic acids is 1. The molecule has 1 saturated heterocycles.